The molecule has 0 saturated carbocycles. The molecule has 3 aromatic rings. The summed E-state index contributed by atoms with van der Waals surface area (Å²) < 4.78 is 1.41. The van der Waals surface area contributed by atoms with Crippen molar-refractivity contribution in [2.24, 2.45) is 0 Å². The monoisotopic (exact) mass is 324 g/mol. The summed E-state index contributed by atoms with van der Waals surface area (Å²) in [5.74, 6) is -0.152. The Morgan fingerprint density at radius 3 is 3.00 bits per heavy atom. The number of hydrogen-bond acceptors (Lipinski definition) is 5. The highest BCUT2D eigenvalue weighted by molar-refractivity contribution is 5.92. The van der Waals surface area contributed by atoms with E-state index in [1.807, 2.05) is 6.07 Å². The molecule has 1 aliphatic rings. The van der Waals surface area contributed by atoms with Gasteiger partial charge >= 0.3 is 0 Å². The molecule has 1 unspecified atom stereocenters. The molecule has 0 spiro atoms. The molecule has 1 atom stereocenters. The van der Waals surface area contributed by atoms with Gasteiger partial charge in [0.15, 0.2) is 5.65 Å². The molecule has 122 valence electrons. The number of nitrogens with one attached hydrogen (secondary N) is 1. The summed E-state index contributed by atoms with van der Waals surface area (Å²) in [6.07, 6.45) is 6.24. The van der Waals surface area contributed by atoms with Crippen LogP contribution in [0.4, 0.5) is 0 Å². The van der Waals surface area contributed by atoms with Gasteiger partial charge < -0.3 is 4.90 Å². The largest absolute Gasteiger partial charge is 0.329 e. The summed E-state index contributed by atoms with van der Waals surface area (Å²) in [6.45, 7) is 2.43. The first kappa shape index (κ1) is 14.6. The van der Waals surface area contributed by atoms with Gasteiger partial charge in [-0.2, -0.15) is 0 Å². The Bertz CT molecular complexity index is 962. The summed E-state index contributed by atoms with van der Waals surface area (Å²) in [6, 6.07) is 3.19. The molecule has 0 radical (unpaired) electrons. The molecule has 24 heavy (non-hydrogen) atoms. The highest BCUT2D eigenvalue weighted by Gasteiger charge is 2.32. The maximum absolute atomic E-state index is 12.7. The number of likely N-dealkylation sites (tertiary alicyclic amines) is 1. The minimum Gasteiger partial charge on any atom is -0.329 e. The topological polar surface area (TPSA) is 96.2 Å². The van der Waals surface area contributed by atoms with Crippen LogP contribution in [0.15, 0.2) is 35.5 Å². The summed E-state index contributed by atoms with van der Waals surface area (Å²) in [7, 11) is 0. The molecular formula is C16H16N6O2. The molecule has 0 aromatic carbocycles. The van der Waals surface area contributed by atoms with Crippen LogP contribution in [0.2, 0.25) is 0 Å². The predicted molar refractivity (Wildman–Crippen MR) is 85.6 cm³/mol. The summed E-state index contributed by atoms with van der Waals surface area (Å²) in [5, 5.41) is 3.08. The maximum atomic E-state index is 12.7. The maximum Gasteiger partial charge on any atom is 0.274 e. The highest BCUT2D eigenvalue weighted by atomic mass is 16.2. The quantitative estimate of drug-likeness (QED) is 0.761. The van der Waals surface area contributed by atoms with Gasteiger partial charge in [0.25, 0.3) is 11.5 Å². The number of aromatic amines is 1. The number of H-pyrrole nitrogens is 1. The van der Waals surface area contributed by atoms with E-state index in [2.05, 4.69) is 20.1 Å². The molecule has 1 N–H and O–H groups in total. The molecule has 8 nitrogen and oxygen atoms in total. The van der Waals surface area contributed by atoms with Crippen LogP contribution in [0, 0.1) is 6.92 Å². The van der Waals surface area contributed by atoms with Gasteiger partial charge in [-0.1, -0.05) is 0 Å². The number of carbonyl (C=O) groups is 1. The van der Waals surface area contributed by atoms with E-state index in [0.717, 1.165) is 18.5 Å². The molecule has 1 saturated heterocycles. The van der Waals surface area contributed by atoms with Crippen molar-refractivity contribution in [3.05, 3.63) is 58.2 Å². The number of aromatic nitrogens is 5. The fourth-order valence-electron chi connectivity index (χ4n) is 3.19. The Balaban J connectivity index is 1.72. The smallest absolute Gasteiger partial charge is 0.274 e. The minimum atomic E-state index is -0.159. The Kier molecular flexibility index (Phi) is 3.37. The van der Waals surface area contributed by atoms with Crippen molar-refractivity contribution in [1.82, 2.24) is 29.5 Å². The van der Waals surface area contributed by atoms with Crippen LogP contribution in [0.25, 0.3) is 5.65 Å². The molecule has 3 aromatic heterocycles. The zero-order chi connectivity index (χ0) is 16.7. The van der Waals surface area contributed by atoms with Crippen molar-refractivity contribution in [2.45, 2.75) is 25.8 Å². The highest BCUT2D eigenvalue weighted by Crippen LogP contribution is 2.32. The third-order valence-corrected chi connectivity index (χ3v) is 4.25. The van der Waals surface area contributed by atoms with Gasteiger partial charge in [0.2, 0.25) is 0 Å². The molecule has 0 bridgehead atoms. The second-order valence-electron chi connectivity index (χ2n) is 5.89. The van der Waals surface area contributed by atoms with Gasteiger partial charge in [0.05, 0.1) is 17.9 Å². The first-order valence-corrected chi connectivity index (χ1v) is 7.80. The Labute approximate surface area is 137 Å². The van der Waals surface area contributed by atoms with Crippen molar-refractivity contribution < 1.29 is 4.79 Å². The number of amides is 1. The van der Waals surface area contributed by atoms with Crippen molar-refractivity contribution in [2.75, 3.05) is 6.54 Å². The zero-order valence-electron chi connectivity index (χ0n) is 13.1. The predicted octanol–water partition coefficient (Wildman–Crippen LogP) is 1.10. The Hall–Kier alpha value is -3.03. The first-order valence-electron chi connectivity index (χ1n) is 7.80. The standard InChI is InChI=1S/C16H16N6O2/c1-10-7-15(23)22-14(19-10)8-11(20-22)13-3-2-6-21(13)16(24)12-9-17-4-5-18-12/h4-5,7-9,13,20H,2-3,6H2,1H3. The van der Waals surface area contributed by atoms with E-state index in [1.54, 1.807) is 11.8 Å². The van der Waals surface area contributed by atoms with Crippen LogP contribution in [-0.2, 0) is 0 Å². The van der Waals surface area contributed by atoms with E-state index in [-0.39, 0.29) is 17.5 Å². The van der Waals surface area contributed by atoms with E-state index in [9.17, 15) is 9.59 Å². The average molecular weight is 324 g/mol. The third kappa shape index (κ3) is 2.36. The van der Waals surface area contributed by atoms with Crippen molar-refractivity contribution in [1.29, 1.82) is 0 Å². The zero-order valence-corrected chi connectivity index (χ0v) is 13.1. The van der Waals surface area contributed by atoms with Crippen LogP contribution in [-0.4, -0.2) is 41.9 Å². The van der Waals surface area contributed by atoms with Crippen LogP contribution in [0.5, 0.6) is 0 Å². The summed E-state index contributed by atoms with van der Waals surface area (Å²) >= 11 is 0. The van der Waals surface area contributed by atoms with E-state index >= 15 is 0 Å². The van der Waals surface area contributed by atoms with E-state index < -0.39 is 0 Å². The fraction of sp³-hybridized carbons (Fsp3) is 0.312. The number of nitrogens with zero attached hydrogens (tertiary/aromatic N) is 5. The third-order valence-electron chi connectivity index (χ3n) is 4.25. The molecule has 0 aliphatic carbocycles. The van der Waals surface area contributed by atoms with Gasteiger partial charge in [-0.3, -0.25) is 19.7 Å². The second kappa shape index (κ2) is 5.55. The van der Waals surface area contributed by atoms with Crippen LogP contribution in [0.1, 0.15) is 40.8 Å². The molecular weight excluding hydrogens is 308 g/mol. The lowest BCUT2D eigenvalue weighted by molar-refractivity contribution is 0.0726. The lowest BCUT2D eigenvalue weighted by atomic mass is 10.1. The number of aryl methyl sites for hydroxylation is 1. The molecule has 4 rings (SSSR count). The second-order valence-corrected chi connectivity index (χ2v) is 5.89. The minimum absolute atomic E-state index is 0.124. The molecule has 4 heterocycles. The SMILES string of the molecule is Cc1cc(=O)n2[nH]c(C3CCCN3C(=O)c3cnccn3)cc2n1. The van der Waals surface area contributed by atoms with Crippen molar-refractivity contribution in [3.8, 4) is 0 Å². The fourth-order valence-corrected chi connectivity index (χ4v) is 3.19. The molecule has 1 fully saturated rings. The number of hydrogen-bond donors (Lipinski definition) is 1. The Morgan fingerprint density at radius 2 is 2.21 bits per heavy atom. The Morgan fingerprint density at radius 1 is 1.33 bits per heavy atom. The molecule has 1 aliphatic heterocycles. The average Bonchev–Trinajstić information content (AvgIpc) is 3.21. The first-order chi connectivity index (χ1) is 11.6. The molecule has 1 amide bonds. The lowest BCUT2D eigenvalue weighted by Crippen LogP contribution is -2.31. The van der Waals surface area contributed by atoms with Gasteiger partial charge in [-0.05, 0) is 19.8 Å². The van der Waals surface area contributed by atoms with E-state index in [1.165, 1.54) is 29.2 Å². The van der Waals surface area contributed by atoms with Gasteiger partial charge in [-0.25, -0.2) is 14.5 Å². The van der Waals surface area contributed by atoms with Gasteiger partial charge in [-0.15, -0.1) is 0 Å². The van der Waals surface area contributed by atoms with Crippen LogP contribution < -0.4 is 5.56 Å². The number of rotatable bonds is 2. The van der Waals surface area contributed by atoms with E-state index in [0.29, 0.717) is 23.6 Å². The summed E-state index contributed by atoms with van der Waals surface area (Å²) in [5.41, 5.74) is 2.21. The van der Waals surface area contributed by atoms with Crippen LogP contribution in [0.3, 0.4) is 0 Å². The van der Waals surface area contributed by atoms with Crippen LogP contribution >= 0.6 is 0 Å². The van der Waals surface area contributed by atoms with Crippen molar-refractivity contribution >= 4 is 11.6 Å². The number of fused-ring (bicyclic) bond motifs is 1. The van der Waals surface area contributed by atoms with Crippen molar-refractivity contribution in [3.63, 3.8) is 0 Å². The molecule has 8 heteroatoms. The lowest BCUT2D eigenvalue weighted by Gasteiger charge is -2.23. The summed E-state index contributed by atoms with van der Waals surface area (Å²) in [4.78, 5) is 38.9. The van der Waals surface area contributed by atoms with Gasteiger partial charge in [0, 0.05) is 36.8 Å². The van der Waals surface area contributed by atoms with E-state index in [4.69, 9.17) is 0 Å². The number of carbonyl (C=O) groups excluding carboxylic acids is 1. The van der Waals surface area contributed by atoms with Gasteiger partial charge in [0.1, 0.15) is 5.69 Å². The normalized spacial score (nSPS) is 17.5.